The molecule has 0 nitrogen and oxygen atoms in total. The zero-order chi connectivity index (χ0) is 5.82. The minimum Gasteiger partial charge on any atom is -0.162 e. The Morgan fingerprint density at radius 1 is 1.38 bits per heavy atom. The highest BCUT2D eigenvalue weighted by Crippen LogP contribution is 2.20. The standard InChI is InChI=1S/C7H14S/c1-7-4-2-3-5-8-6-7/h7H,2-6H2,1H3. The summed E-state index contributed by atoms with van der Waals surface area (Å²) < 4.78 is 0. The summed E-state index contributed by atoms with van der Waals surface area (Å²) >= 11 is 2.12. The first-order valence-electron chi connectivity index (χ1n) is 3.47. The second-order valence-corrected chi connectivity index (χ2v) is 3.83. The van der Waals surface area contributed by atoms with Crippen molar-refractivity contribution in [2.45, 2.75) is 26.2 Å². The molecule has 1 saturated heterocycles. The minimum absolute atomic E-state index is 0.988. The lowest BCUT2D eigenvalue weighted by Crippen LogP contribution is -1.93. The molecular weight excluding hydrogens is 116 g/mol. The fourth-order valence-corrected chi connectivity index (χ4v) is 2.21. The second-order valence-electron chi connectivity index (χ2n) is 2.68. The van der Waals surface area contributed by atoms with E-state index >= 15 is 0 Å². The van der Waals surface area contributed by atoms with Crippen molar-refractivity contribution in [2.75, 3.05) is 11.5 Å². The Bertz CT molecular complexity index is 53.4. The Morgan fingerprint density at radius 2 is 2.25 bits per heavy atom. The van der Waals surface area contributed by atoms with Crippen molar-refractivity contribution in [3.05, 3.63) is 0 Å². The molecule has 1 unspecified atom stereocenters. The zero-order valence-electron chi connectivity index (χ0n) is 5.52. The van der Waals surface area contributed by atoms with E-state index in [4.69, 9.17) is 0 Å². The van der Waals surface area contributed by atoms with Gasteiger partial charge >= 0.3 is 0 Å². The summed E-state index contributed by atoms with van der Waals surface area (Å²) in [6, 6.07) is 0. The Hall–Kier alpha value is 0.350. The Labute approximate surface area is 56.0 Å². The molecule has 0 saturated carbocycles. The number of thioether (sulfide) groups is 1. The van der Waals surface area contributed by atoms with E-state index in [1.165, 1.54) is 30.8 Å². The summed E-state index contributed by atoms with van der Waals surface area (Å²) in [6.45, 7) is 2.36. The molecule has 0 spiro atoms. The largest absolute Gasteiger partial charge is 0.162 e. The zero-order valence-corrected chi connectivity index (χ0v) is 6.34. The molecule has 1 aliphatic rings. The van der Waals surface area contributed by atoms with Gasteiger partial charge in [-0.3, -0.25) is 0 Å². The van der Waals surface area contributed by atoms with Gasteiger partial charge in [0, 0.05) is 0 Å². The Kier molecular flexibility index (Phi) is 2.74. The third kappa shape index (κ3) is 2.08. The third-order valence-corrected chi connectivity index (χ3v) is 3.02. The van der Waals surface area contributed by atoms with Gasteiger partial charge in [-0.2, -0.15) is 11.8 Å². The van der Waals surface area contributed by atoms with Crippen molar-refractivity contribution in [2.24, 2.45) is 5.92 Å². The third-order valence-electron chi connectivity index (χ3n) is 1.64. The van der Waals surface area contributed by atoms with Gasteiger partial charge in [0.15, 0.2) is 0 Å². The van der Waals surface area contributed by atoms with Crippen LogP contribution in [0.2, 0.25) is 0 Å². The molecule has 0 radical (unpaired) electrons. The quantitative estimate of drug-likeness (QED) is 0.485. The predicted octanol–water partition coefficient (Wildman–Crippen LogP) is 2.54. The normalized spacial score (nSPS) is 31.9. The average molecular weight is 130 g/mol. The highest BCUT2D eigenvalue weighted by molar-refractivity contribution is 7.99. The fraction of sp³-hybridized carbons (Fsp3) is 1.00. The molecule has 0 bridgehead atoms. The van der Waals surface area contributed by atoms with Crippen LogP contribution in [-0.4, -0.2) is 11.5 Å². The molecule has 0 aromatic heterocycles. The van der Waals surface area contributed by atoms with E-state index < -0.39 is 0 Å². The maximum atomic E-state index is 2.36. The Balaban J connectivity index is 2.17. The molecule has 0 amide bonds. The van der Waals surface area contributed by atoms with E-state index in [2.05, 4.69) is 18.7 Å². The molecule has 48 valence electrons. The van der Waals surface area contributed by atoms with Crippen molar-refractivity contribution in [3.8, 4) is 0 Å². The summed E-state index contributed by atoms with van der Waals surface area (Å²) in [7, 11) is 0. The molecule has 0 aromatic rings. The first-order valence-corrected chi connectivity index (χ1v) is 4.63. The molecule has 1 aliphatic heterocycles. The lowest BCUT2D eigenvalue weighted by Gasteiger charge is -2.02. The number of hydrogen-bond acceptors (Lipinski definition) is 1. The number of hydrogen-bond donors (Lipinski definition) is 0. The molecule has 0 aromatic carbocycles. The van der Waals surface area contributed by atoms with Crippen LogP contribution in [0, 0.1) is 5.92 Å². The minimum atomic E-state index is 0.988. The molecule has 0 aliphatic carbocycles. The van der Waals surface area contributed by atoms with Crippen LogP contribution in [-0.2, 0) is 0 Å². The highest BCUT2D eigenvalue weighted by atomic mass is 32.2. The van der Waals surface area contributed by atoms with Crippen LogP contribution in [0.4, 0.5) is 0 Å². The molecule has 1 heterocycles. The molecular formula is C7H14S. The summed E-state index contributed by atoms with van der Waals surface area (Å²) in [6.07, 6.45) is 4.39. The van der Waals surface area contributed by atoms with E-state index in [1.54, 1.807) is 0 Å². The SMILES string of the molecule is CC1CCCCSC1. The van der Waals surface area contributed by atoms with Crippen LogP contribution < -0.4 is 0 Å². The summed E-state index contributed by atoms with van der Waals surface area (Å²) in [5.74, 6) is 3.80. The van der Waals surface area contributed by atoms with Crippen LogP contribution in [0.25, 0.3) is 0 Å². The molecule has 1 atom stereocenters. The predicted molar refractivity (Wildman–Crippen MR) is 40.3 cm³/mol. The van der Waals surface area contributed by atoms with E-state index in [0.717, 1.165) is 5.92 Å². The van der Waals surface area contributed by atoms with Crippen molar-refractivity contribution < 1.29 is 0 Å². The smallest absolute Gasteiger partial charge is 0.00418 e. The van der Waals surface area contributed by atoms with Gasteiger partial charge in [0.1, 0.15) is 0 Å². The van der Waals surface area contributed by atoms with E-state index in [1.807, 2.05) is 0 Å². The van der Waals surface area contributed by atoms with Crippen LogP contribution in [0.1, 0.15) is 26.2 Å². The molecule has 1 heteroatoms. The topological polar surface area (TPSA) is 0 Å². The molecule has 8 heavy (non-hydrogen) atoms. The average Bonchev–Trinajstić information content (AvgIpc) is 1.94. The van der Waals surface area contributed by atoms with Gasteiger partial charge < -0.3 is 0 Å². The highest BCUT2D eigenvalue weighted by Gasteiger charge is 2.05. The molecule has 1 rings (SSSR count). The van der Waals surface area contributed by atoms with Gasteiger partial charge in [0.25, 0.3) is 0 Å². The van der Waals surface area contributed by atoms with Gasteiger partial charge in [0.2, 0.25) is 0 Å². The van der Waals surface area contributed by atoms with Gasteiger partial charge in [-0.15, -0.1) is 0 Å². The van der Waals surface area contributed by atoms with Crippen molar-refractivity contribution in [3.63, 3.8) is 0 Å². The Morgan fingerprint density at radius 3 is 3.12 bits per heavy atom. The summed E-state index contributed by atoms with van der Waals surface area (Å²) in [5.41, 5.74) is 0. The maximum absolute atomic E-state index is 2.36. The fourth-order valence-electron chi connectivity index (χ4n) is 1.06. The first-order chi connectivity index (χ1) is 3.89. The van der Waals surface area contributed by atoms with Crippen LogP contribution in [0.5, 0.6) is 0 Å². The first kappa shape index (κ1) is 6.47. The van der Waals surface area contributed by atoms with Crippen LogP contribution >= 0.6 is 11.8 Å². The van der Waals surface area contributed by atoms with Gasteiger partial charge in [0.05, 0.1) is 0 Å². The maximum Gasteiger partial charge on any atom is -0.00418 e. The van der Waals surface area contributed by atoms with Gasteiger partial charge in [-0.05, 0) is 30.3 Å². The van der Waals surface area contributed by atoms with Crippen molar-refractivity contribution in [1.82, 2.24) is 0 Å². The van der Waals surface area contributed by atoms with Gasteiger partial charge in [-0.25, -0.2) is 0 Å². The van der Waals surface area contributed by atoms with E-state index in [-0.39, 0.29) is 0 Å². The second kappa shape index (κ2) is 3.39. The van der Waals surface area contributed by atoms with Crippen molar-refractivity contribution >= 4 is 11.8 Å². The lowest BCUT2D eigenvalue weighted by molar-refractivity contribution is 0.570. The van der Waals surface area contributed by atoms with Gasteiger partial charge in [-0.1, -0.05) is 13.3 Å². The number of rotatable bonds is 0. The van der Waals surface area contributed by atoms with Crippen LogP contribution in [0.15, 0.2) is 0 Å². The molecule has 0 N–H and O–H groups in total. The van der Waals surface area contributed by atoms with E-state index in [9.17, 15) is 0 Å². The summed E-state index contributed by atoms with van der Waals surface area (Å²) in [5, 5.41) is 0. The van der Waals surface area contributed by atoms with Crippen LogP contribution in [0.3, 0.4) is 0 Å². The lowest BCUT2D eigenvalue weighted by atomic mass is 10.1. The monoisotopic (exact) mass is 130 g/mol. The van der Waals surface area contributed by atoms with E-state index in [0.29, 0.717) is 0 Å². The molecule has 1 fully saturated rings. The van der Waals surface area contributed by atoms with Crippen molar-refractivity contribution in [1.29, 1.82) is 0 Å². The summed E-state index contributed by atoms with van der Waals surface area (Å²) in [4.78, 5) is 0.